The SMILES string of the molecule is C=CC=C1/C(=C\C=C)Oc2ccccc2C1NC(=O)OCC. The van der Waals surface area contributed by atoms with E-state index in [4.69, 9.17) is 9.47 Å². The predicted octanol–water partition coefficient (Wildman–Crippen LogP) is 4.05. The Morgan fingerprint density at radius 3 is 2.73 bits per heavy atom. The number of para-hydroxylation sites is 1. The normalized spacial score (nSPS) is 20.0. The highest BCUT2D eigenvalue weighted by Gasteiger charge is 2.30. The zero-order valence-electron chi connectivity index (χ0n) is 12.5. The second kappa shape index (κ2) is 7.31. The van der Waals surface area contributed by atoms with E-state index in [-0.39, 0.29) is 6.04 Å². The van der Waals surface area contributed by atoms with Crippen LogP contribution in [0.5, 0.6) is 5.75 Å². The number of fused-ring (bicyclic) bond motifs is 1. The lowest BCUT2D eigenvalue weighted by Crippen LogP contribution is -2.33. The number of amides is 1. The fourth-order valence-electron chi connectivity index (χ4n) is 2.29. The van der Waals surface area contributed by atoms with Crippen molar-refractivity contribution >= 4 is 6.09 Å². The minimum absolute atomic E-state index is 0.312. The maximum Gasteiger partial charge on any atom is 0.407 e. The molecule has 0 fully saturated rings. The summed E-state index contributed by atoms with van der Waals surface area (Å²) < 4.78 is 10.9. The number of hydrogen-bond acceptors (Lipinski definition) is 3. The van der Waals surface area contributed by atoms with Crippen LogP contribution in [0.25, 0.3) is 0 Å². The predicted molar refractivity (Wildman–Crippen MR) is 86.5 cm³/mol. The number of nitrogens with one attached hydrogen (secondary N) is 1. The first-order chi connectivity index (χ1) is 10.7. The summed E-state index contributed by atoms with van der Waals surface area (Å²) in [6.45, 7) is 9.50. The van der Waals surface area contributed by atoms with Crippen molar-refractivity contribution in [1.82, 2.24) is 5.32 Å². The topological polar surface area (TPSA) is 47.6 Å². The Bertz CT molecular complexity index is 643. The van der Waals surface area contributed by atoms with Crippen LogP contribution in [0.3, 0.4) is 0 Å². The molecule has 2 rings (SSSR count). The maximum absolute atomic E-state index is 11.9. The fraction of sp³-hybridized carbons (Fsp3) is 0.167. The van der Waals surface area contributed by atoms with Gasteiger partial charge in [-0.15, -0.1) is 0 Å². The van der Waals surface area contributed by atoms with E-state index in [1.807, 2.05) is 30.3 Å². The summed E-state index contributed by atoms with van der Waals surface area (Å²) in [4.78, 5) is 11.9. The summed E-state index contributed by atoms with van der Waals surface area (Å²) in [5.41, 5.74) is 1.66. The minimum atomic E-state index is -0.475. The van der Waals surface area contributed by atoms with E-state index in [0.29, 0.717) is 18.1 Å². The van der Waals surface area contributed by atoms with Crippen molar-refractivity contribution in [2.45, 2.75) is 13.0 Å². The molecule has 1 heterocycles. The van der Waals surface area contributed by atoms with E-state index in [1.165, 1.54) is 0 Å². The van der Waals surface area contributed by atoms with Crippen LogP contribution in [0.4, 0.5) is 4.79 Å². The molecule has 1 aliphatic heterocycles. The first-order valence-corrected chi connectivity index (χ1v) is 7.07. The summed E-state index contributed by atoms with van der Waals surface area (Å²) in [5, 5.41) is 2.87. The summed E-state index contributed by atoms with van der Waals surface area (Å²) in [7, 11) is 0. The van der Waals surface area contributed by atoms with Gasteiger partial charge in [0, 0.05) is 11.1 Å². The fourth-order valence-corrected chi connectivity index (χ4v) is 2.29. The van der Waals surface area contributed by atoms with Gasteiger partial charge in [-0.25, -0.2) is 4.79 Å². The Labute approximate surface area is 130 Å². The molecule has 0 aliphatic carbocycles. The van der Waals surface area contributed by atoms with Crippen molar-refractivity contribution in [2.24, 2.45) is 0 Å². The number of alkyl carbamates (subject to hydrolysis) is 1. The van der Waals surface area contributed by atoms with Gasteiger partial charge in [0.25, 0.3) is 0 Å². The molecular weight excluding hydrogens is 278 g/mol. The number of carbonyl (C=O) groups excluding carboxylic acids is 1. The average molecular weight is 297 g/mol. The third kappa shape index (κ3) is 3.28. The molecule has 0 bridgehead atoms. The van der Waals surface area contributed by atoms with E-state index in [2.05, 4.69) is 18.5 Å². The lowest BCUT2D eigenvalue weighted by Gasteiger charge is -2.30. The molecule has 0 saturated heterocycles. The van der Waals surface area contributed by atoms with Gasteiger partial charge in [0.15, 0.2) is 0 Å². The van der Waals surface area contributed by atoms with Gasteiger partial charge in [0.05, 0.1) is 12.6 Å². The molecule has 22 heavy (non-hydrogen) atoms. The molecule has 0 saturated carbocycles. The molecule has 1 aromatic carbocycles. The minimum Gasteiger partial charge on any atom is -0.457 e. The van der Waals surface area contributed by atoms with Gasteiger partial charge in [-0.05, 0) is 19.1 Å². The smallest absolute Gasteiger partial charge is 0.407 e. The number of hydrogen-bond donors (Lipinski definition) is 1. The Morgan fingerprint density at radius 1 is 1.32 bits per heavy atom. The molecule has 1 aromatic rings. The number of carbonyl (C=O) groups is 1. The van der Waals surface area contributed by atoms with Crippen LogP contribution >= 0.6 is 0 Å². The van der Waals surface area contributed by atoms with Crippen molar-refractivity contribution in [3.8, 4) is 5.75 Å². The van der Waals surface area contributed by atoms with E-state index < -0.39 is 6.09 Å². The van der Waals surface area contributed by atoms with E-state index >= 15 is 0 Å². The Kier molecular flexibility index (Phi) is 5.20. The number of allylic oxidation sites excluding steroid dienone is 4. The van der Waals surface area contributed by atoms with E-state index in [0.717, 1.165) is 11.1 Å². The quantitative estimate of drug-likeness (QED) is 0.912. The Hall–Kier alpha value is -2.75. The molecule has 1 aliphatic rings. The monoisotopic (exact) mass is 297 g/mol. The van der Waals surface area contributed by atoms with Gasteiger partial charge in [0.1, 0.15) is 11.5 Å². The Balaban J connectivity index is 2.49. The van der Waals surface area contributed by atoms with Crippen molar-refractivity contribution in [3.63, 3.8) is 0 Å². The van der Waals surface area contributed by atoms with Crippen molar-refractivity contribution in [3.05, 3.63) is 78.6 Å². The van der Waals surface area contributed by atoms with Crippen LogP contribution in [-0.4, -0.2) is 12.7 Å². The molecule has 4 nitrogen and oxygen atoms in total. The van der Waals surface area contributed by atoms with Gasteiger partial charge in [0.2, 0.25) is 0 Å². The lowest BCUT2D eigenvalue weighted by atomic mass is 9.93. The number of rotatable bonds is 4. The van der Waals surface area contributed by atoms with Crippen LogP contribution in [0.2, 0.25) is 0 Å². The van der Waals surface area contributed by atoms with Crippen LogP contribution in [-0.2, 0) is 4.74 Å². The molecule has 1 atom stereocenters. The highest BCUT2D eigenvalue weighted by Crippen LogP contribution is 2.40. The van der Waals surface area contributed by atoms with Gasteiger partial charge >= 0.3 is 6.09 Å². The lowest BCUT2D eigenvalue weighted by molar-refractivity contribution is 0.148. The van der Waals surface area contributed by atoms with E-state index in [1.54, 1.807) is 25.2 Å². The number of ether oxygens (including phenoxy) is 2. The highest BCUT2D eigenvalue weighted by atomic mass is 16.5. The van der Waals surface area contributed by atoms with Crippen LogP contribution in [0.15, 0.2) is 73.1 Å². The summed E-state index contributed by atoms with van der Waals surface area (Å²) in [5.74, 6) is 1.31. The molecule has 0 spiro atoms. The maximum atomic E-state index is 11.9. The zero-order valence-corrected chi connectivity index (χ0v) is 12.5. The summed E-state index contributed by atoms with van der Waals surface area (Å²) in [6, 6.07) is 7.18. The third-order valence-electron chi connectivity index (χ3n) is 3.15. The largest absolute Gasteiger partial charge is 0.457 e. The molecule has 114 valence electrons. The molecule has 1 amide bonds. The van der Waals surface area contributed by atoms with Gasteiger partial charge < -0.3 is 14.8 Å². The Morgan fingerprint density at radius 2 is 2.05 bits per heavy atom. The van der Waals surface area contributed by atoms with Gasteiger partial charge in [-0.1, -0.05) is 49.6 Å². The average Bonchev–Trinajstić information content (AvgIpc) is 2.51. The van der Waals surface area contributed by atoms with Gasteiger partial charge in [-0.2, -0.15) is 0 Å². The van der Waals surface area contributed by atoms with E-state index in [9.17, 15) is 4.79 Å². The molecule has 0 radical (unpaired) electrons. The van der Waals surface area contributed by atoms with Crippen molar-refractivity contribution < 1.29 is 14.3 Å². The van der Waals surface area contributed by atoms with Crippen molar-refractivity contribution in [2.75, 3.05) is 6.61 Å². The summed E-state index contributed by atoms with van der Waals surface area (Å²) >= 11 is 0. The first-order valence-electron chi connectivity index (χ1n) is 7.07. The molecule has 0 aromatic heterocycles. The van der Waals surface area contributed by atoms with Crippen molar-refractivity contribution in [1.29, 1.82) is 0 Å². The molecule has 4 heteroatoms. The van der Waals surface area contributed by atoms with Crippen LogP contribution in [0, 0.1) is 0 Å². The van der Waals surface area contributed by atoms with Crippen LogP contribution < -0.4 is 10.1 Å². The van der Waals surface area contributed by atoms with Gasteiger partial charge in [-0.3, -0.25) is 0 Å². The second-order valence-corrected chi connectivity index (χ2v) is 4.56. The summed E-state index contributed by atoms with van der Waals surface area (Å²) in [6.07, 6.45) is 6.38. The third-order valence-corrected chi connectivity index (χ3v) is 3.15. The highest BCUT2D eigenvalue weighted by molar-refractivity contribution is 5.70. The molecule has 1 unspecified atom stereocenters. The number of benzene rings is 1. The molecule has 1 N–H and O–H groups in total. The first kappa shape index (κ1) is 15.6. The zero-order chi connectivity index (χ0) is 15.9. The van der Waals surface area contributed by atoms with Crippen LogP contribution in [0.1, 0.15) is 18.5 Å². The standard InChI is InChI=1S/C18H19NO3/c1-4-9-13-15(10-5-2)22-16-12-8-7-11-14(16)17(13)19-18(20)21-6-3/h4-5,7-12,17H,1-2,6H2,3H3,(H,19,20)/b13-9?,15-10+. The molecular formula is C18H19NO3. The second-order valence-electron chi connectivity index (χ2n) is 4.56.